The van der Waals surface area contributed by atoms with Gasteiger partial charge in [0.25, 0.3) is 0 Å². The van der Waals surface area contributed by atoms with Crippen molar-refractivity contribution in [2.24, 2.45) is 0 Å². The number of esters is 1. The first-order valence-electron chi connectivity index (χ1n) is 7.57. The van der Waals surface area contributed by atoms with E-state index < -0.39 is 39.3 Å². The Morgan fingerprint density at radius 1 is 1.20 bits per heavy atom. The van der Waals surface area contributed by atoms with Gasteiger partial charge in [-0.1, -0.05) is 24.8 Å². The monoisotopic (exact) mass is 369 g/mol. The molecule has 0 saturated heterocycles. The summed E-state index contributed by atoms with van der Waals surface area (Å²) in [5.41, 5.74) is 0. The Hall–Kier alpha value is -2.35. The van der Waals surface area contributed by atoms with E-state index in [1.54, 1.807) is 30.3 Å². The fourth-order valence-electron chi connectivity index (χ4n) is 1.63. The predicted octanol–water partition coefficient (Wildman–Crippen LogP) is 2.43. The zero-order valence-corrected chi connectivity index (χ0v) is 15.6. The maximum Gasteiger partial charge on any atom is 0.408 e. The van der Waals surface area contributed by atoms with E-state index in [-0.39, 0.29) is 4.91 Å². The largest absolute Gasteiger partial charge is 0.444 e. The third kappa shape index (κ3) is 5.90. The van der Waals surface area contributed by atoms with Gasteiger partial charge in [0, 0.05) is 0 Å². The molecule has 0 radical (unpaired) electrons. The maximum absolute atomic E-state index is 12.1. The fourth-order valence-corrected chi connectivity index (χ4v) is 2.71. The lowest BCUT2D eigenvalue weighted by Crippen LogP contribution is -2.41. The molecule has 1 amide bonds. The van der Waals surface area contributed by atoms with Crippen LogP contribution in [0.2, 0.25) is 0 Å². The lowest BCUT2D eigenvalue weighted by atomic mass is 10.3. The van der Waals surface area contributed by atoms with Crippen LogP contribution in [-0.4, -0.2) is 37.9 Å². The second-order valence-electron chi connectivity index (χ2n) is 6.33. The number of carbonyl (C=O) groups is 2. The molecule has 0 aliphatic heterocycles. The van der Waals surface area contributed by atoms with Crippen molar-refractivity contribution in [3.63, 3.8) is 0 Å². The Balaban J connectivity index is 2.51. The Morgan fingerprint density at radius 2 is 1.76 bits per heavy atom. The average Bonchev–Trinajstić information content (AvgIpc) is 2.52. The fraction of sp³-hybridized carbons (Fsp3) is 0.412. The highest BCUT2D eigenvalue weighted by Gasteiger charge is 2.32. The second-order valence-corrected chi connectivity index (χ2v) is 9.14. The van der Waals surface area contributed by atoms with Crippen LogP contribution in [0.1, 0.15) is 27.7 Å². The molecule has 138 valence electrons. The van der Waals surface area contributed by atoms with Gasteiger partial charge < -0.3 is 14.8 Å². The number of benzene rings is 1. The van der Waals surface area contributed by atoms with Gasteiger partial charge in [0.2, 0.25) is 0 Å². The topological polar surface area (TPSA) is 98.8 Å². The van der Waals surface area contributed by atoms with Crippen molar-refractivity contribution in [3.8, 4) is 5.75 Å². The van der Waals surface area contributed by atoms with Gasteiger partial charge in [-0.2, -0.15) is 0 Å². The minimum absolute atomic E-state index is 0.213. The third-order valence-electron chi connectivity index (χ3n) is 3.20. The Morgan fingerprint density at radius 3 is 2.28 bits per heavy atom. The summed E-state index contributed by atoms with van der Waals surface area (Å²) in [4.78, 5) is 23.4. The van der Waals surface area contributed by atoms with Crippen molar-refractivity contribution < 1.29 is 27.5 Å². The Kier molecular flexibility index (Phi) is 6.75. The number of hydrogen-bond donors (Lipinski definition) is 1. The van der Waals surface area contributed by atoms with Crippen molar-refractivity contribution in [3.05, 3.63) is 41.8 Å². The molecule has 0 heterocycles. The Bertz CT molecular complexity index is 734. The molecule has 1 N–H and O–H groups in total. The quantitative estimate of drug-likeness (QED) is 0.611. The molecule has 7 nitrogen and oxygen atoms in total. The number of nitrogens with one attached hydrogen (secondary N) is 1. The molecule has 0 aromatic heterocycles. The van der Waals surface area contributed by atoms with E-state index in [4.69, 9.17) is 9.47 Å². The molecule has 0 bridgehead atoms. The van der Waals surface area contributed by atoms with Crippen LogP contribution in [0.25, 0.3) is 0 Å². The number of hydrogen-bond acceptors (Lipinski definition) is 6. The summed E-state index contributed by atoms with van der Waals surface area (Å²) < 4.78 is 33.1. The van der Waals surface area contributed by atoms with Gasteiger partial charge in [0.15, 0.2) is 9.84 Å². The Labute approximate surface area is 147 Å². The van der Waals surface area contributed by atoms with Gasteiger partial charge in [0.05, 0.1) is 9.65 Å². The number of alkyl carbamates (subject to hydrolysis) is 1. The van der Waals surface area contributed by atoms with Gasteiger partial charge in [-0.15, -0.1) is 0 Å². The van der Waals surface area contributed by atoms with E-state index in [1.807, 2.05) is 0 Å². The van der Waals surface area contributed by atoms with Crippen LogP contribution in [-0.2, 0) is 19.4 Å². The van der Waals surface area contributed by atoms with Crippen LogP contribution in [0.5, 0.6) is 5.75 Å². The van der Waals surface area contributed by atoms with Gasteiger partial charge in [0.1, 0.15) is 18.4 Å². The molecule has 0 aliphatic rings. The third-order valence-corrected chi connectivity index (χ3v) is 5.69. The average molecular weight is 369 g/mol. The van der Waals surface area contributed by atoms with Crippen LogP contribution in [0.15, 0.2) is 41.8 Å². The van der Waals surface area contributed by atoms with Crippen LogP contribution >= 0.6 is 0 Å². The standard InChI is InChI=1S/C17H23NO6S/c1-12(25(21,22)17(3,4)5)11-23-16(20)18-13(2)15(19)24-14-9-7-6-8-10-14/h6-10,13H,1,11H2,2-5H3,(H,18,20)/t13-/m0/s1. The summed E-state index contributed by atoms with van der Waals surface area (Å²) in [6, 6.07) is 7.41. The number of para-hydroxylation sites is 1. The van der Waals surface area contributed by atoms with Crippen molar-refractivity contribution in [2.75, 3.05) is 6.61 Å². The molecular formula is C17H23NO6S. The second kappa shape index (κ2) is 8.15. The summed E-state index contributed by atoms with van der Waals surface area (Å²) in [5.74, 6) is -0.330. The number of rotatable bonds is 6. The van der Waals surface area contributed by atoms with Crippen molar-refractivity contribution in [1.82, 2.24) is 5.32 Å². The molecule has 1 rings (SSSR count). The van der Waals surface area contributed by atoms with Crippen LogP contribution in [0.3, 0.4) is 0 Å². The molecule has 0 aliphatic carbocycles. The van der Waals surface area contributed by atoms with Crippen molar-refractivity contribution >= 4 is 21.9 Å². The highest BCUT2D eigenvalue weighted by molar-refractivity contribution is 7.96. The lowest BCUT2D eigenvalue weighted by Gasteiger charge is -2.21. The number of sulfone groups is 1. The first-order chi connectivity index (χ1) is 11.4. The normalized spacial score (nSPS) is 12.8. The van der Waals surface area contributed by atoms with E-state index in [1.165, 1.54) is 27.7 Å². The molecule has 1 aromatic rings. The molecule has 25 heavy (non-hydrogen) atoms. The summed E-state index contributed by atoms with van der Waals surface area (Å²) >= 11 is 0. The minimum Gasteiger partial charge on any atom is -0.444 e. The number of ether oxygens (including phenoxy) is 2. The summed E-state index contributed by atoms with van der Waals surface area (Å²) in [6.45, 7) is 8.95. The van der Waals surface area contributed by atoms with Gasteiger partial charge in [-0.05, 0) is 39.8 Å². The van der Waals surface area contributed by atoms with Gasteiger partial charge in [-0.25, -0.2) is 18.0 Å². The first kappa shape index (κ1) is 20.7. The first-order valence-corrected chi connectivity index (χ1v) is 9.06. The van der Waals surface area contributed by atoms with Crippen molar-refractivity contribution in [2.45, 2.75) is 38.5 Å². The summed E-state index contributed by atoms with van der Waals surface area (Å²) in [5, 5.41) is 2.27. The molecule has 1 atom stereocenters. The van der Waals surface area contributed by atoms with Gasteiger partial charge in [-0.3, -0.25) is 0 Å². The molecular weight excluding hydrogens is 346 g/mol. The number of carbonyl (C=O) groups excluding carboxylic acids is 2. The van der Waals surface area contributed by atoms with E-state index in [0.29, 0.717) is 5.75 Å². The van der Waals surface area contributed by atoms with E-state index in [2.05, 4.69) is 11.9 Å². The summed E-state index contributed by atoms with van der Waals surface area (Å²) in [6.07, 6.45) is -0.942. The SMILES string of the molecule is C=C(COC(=O)N[C@@H](C)C(=O)Oc1ccccc1)S(=O)(=O)C(C)(C)C. The minimum atomic E-state index is -3.65. The molecule has 1 aromatic carbocycles. The van der Waals surface area contributed by atoms with E-state index in [9.17, 15) is 18.0 Å². The zero-order valence-electron chi connectivity index (χ0n) is 14.7. The van der Waals surface area contributed by atoms with Crippen LogP contribution in [0, 0.1) is 0 Å². The van der Waals surface area contributed by atoms with E-state index in [0.717, 1.165) is 0 Å². The lowest BCUT2D eigenvalue weighted by molar-refractivity contribution is -0.136. The van der Waals surface area contributed by atoms with E-state index >= 15 is 0 Å². The van der Waals surface area contributed by atoms with Crippen molar-refractivity contribution in [1.29, 1.82) is 0 Å². The molecule has 0 spiro atoms. The summed E-state index contributed by atoms with van der Waals surface area (Å²) in [7, 11) is -3.65. The maximum atomic E-state index is 12.1. The number of amides is 1. The van der Waals surface area contributed by atoms with Gasteiger partial charge >= 0.3 is 12.1 Å². The zero-order chi connectivity index (χ0) is 19.3. The molecule has 0 fully saturated rings. The highest BCUT2D eigenvalue weighted by atomic mass is 32.2. The van der Waals surface area contributed by atoms with Crippen LogP contribution < -0.4 is 10.1 Å². The van der Waals surface area contributed by atoms with Crippen LogP contribution in [0.4, 0.5) is 4.79 Å². The molecule has 8 heteroatoms. The molecule has 0 unspecified atom stereocenters. The highest BCUT2D eigenvalue weighted by Crippen LogP contribution is 2.22. The smallest absolute Gasteiger partial charge is 0.408 e. The predicted molar refractivity (Wildman–Crippen MR) is 93.8 cm³/mol. The molecule has 0 saturated carbocycles.